The van der Waals surface area contributed by atoms with Gasteiger partial charge in [0, 0.05) is 17.6 Å². The number of carbonyl (C=O) groups excluding carboxylic acids is 1. The van der Waals surface area contributed by atoms with Gasteiger partial charge in [-0.15, -0.1) is 0 Å². The molecule has 20 heavy (non-hydrogen) atoms. The summed E-state index contributed by atoms with van der Waals surface area (Å²) in [5.41, 5.74) is 1.37. The molecule has 4 nitrogen and oxygen atoms in total. The number of hydrogen-bond acceptors (Lipinski definition) is 2. The van der Waals surface area contributed by atoms with Gasteiger partial charge >= 0.3 is 5.97 Å². The molecule has 1 N–H and O–H groups in total. The molecule has 0 aliphatic rings. The zero-order valence-corrected chi connectivity index (χ0v) is 12.6. The van der Waals surface area contributed by atoms with Gasteiger partial charge in [0.05, 0.1) is 6.42 Å². The largest absolute Gasteiger partial charge is 0.481 e. The second-order valence-electron chi connectivity index (χ2n) is 5.82. The second-order valence-corrected chi connectivity index (χ2v) is 5.82. The Morgan fingerprint density at radius 1 is 1.15 bits per heavy atom. The molecule has 0 heterocycles. The van der Waals surface area contributed by atoms with E-state index in [1.54, 1.807) is 17.0 Å². The summed E-state index contributed by atoms with van der Waals surface area (Å²) < 4.78 is 0. The van der Waals surface area contributed by atoms with Gasteiger partial charge in [-0.3, -0.25) is 9.59 Å². The first-order chi connectivity index (χ1) is 9.25. The third-order valence-corrected chi connectivity index (χ3v) is 3.21. The highest BCUT2D eigenvalue weighted by Gasteiger charge is 2.27. The van der Waals surface area contributed by atoms with Crippen molar-refractivity contribution in [3.63, 3.8) is 0 Å². The van der Waals surface area contributed by atoms with Gasteiger partial charge in [-0.1, -0.05) is 19.1 Å². The quantitative estimate of drug-likeness (QED) is 0.900. The predicted molar refractivity (Wildman–Crippen MR) is 78.9 cm³/mol. The van der Waals surface area contributed by atoms with E-state index in [0.717, 1.165) is 6.42 Å². The van der Waals surface area contributed by atoms with Crippen LogP contribution in [0.2, 0.25) is 0 Å². The van der Waals surface area contributed by atoms with Gasteiger partial charge < -0.3 is 10.0 Å². The highest BCUT2D eigenvalue weighted by molar-refractivity contribution is 5.94. The number of aliphatic carboxylic acids is 1. The fraction of sp³-hybridized carbons (Fsp3) is 0.500. The highest BCUT2D eigenvalue weighted by atomic mass is 16.4. The molecule has 0 radical (unpaired) electrons. The first-order valence-electron chi connectivity index (χ1n) is 6.88. The van der Waals surface area contributed by atoms with E-state index in [1.165, 1.54) is 5.56 Å². The van der Waals surface area contributed by atoms with E-state index in [0.29, 0.717) is 5.56 Å². The Hall–Kier alpha value is -1.84. The molecule has 1 amide bonds. The lowest BCUT2D eigenvalue weighted by Gasteiger charge is -2.35. The van der Waals surface area contributed by atoms with Gasteiger partial charge in [-0.05, 0) is 44.9 Å². The minimum absolute atomic E-state index is 0.0456. The van der Waals surface area contributed by atoms with Crippen molar-refractivity contribution in [2.75, 3.05) is 6.54 Å². The summed E-state index contributed by atoms with van der Waals surface area (Å²) in [6, 6.07) is 7.48. The number of benzene rings is 1. The maximum absolute atomic E-state index is 12.5. The van der Waals surface area contributed by atoms with Crippen LogP contribution < -0.4 is 0 Å². The molecule has 0 fully saturated rings. The molecule has 0 saturated heterocycles. The number of aryl methyl sites for hydroxylation is 1. The molecule has 0 atom stereocenters. The molecule has 0 aliphatic carbocycles. The average molecular weight is 277 g/mol. The number of rotatable bonds is 5. The maximum atomic E-state index is 12.5. The van der Waals surface area contributed by atoms with Crippen molar-refractivity contribution in [3.8, 4) is 0 Å². The standard InChI is InChI=1S/C16H23NO3/c1-5-12-6-8-13(9-7-12)15(20)17(16(2,3)4)11-10-14(18)19/h6-9H,5,10-11H2,1-4H3,(H,18,19). The fourth-order valence-electron chi connectivity index (χ4n) is 1.99. The van der Waals surface area contributed by atoms with Gasteiger partial charge in [0.15, 0.2) is 0 Å². The van der Waals surface area contributed by atoms with Crippen LogP contribution >= 0.6 is 0 Å². The number of carboxylic acids is 1. The Balaban J connectivity index is 2.94. The summed E-state index contributed by atoms with van der Waals surface area (Å²) in [6.45, 7) is 8.01. The third kappa shape index (κ3) is 4.37. The van der Waals surface area contributed by atoms with Crippen LogP contribution in [0.4, 0.5) is 0 Å². The smallest absolute Gasteiger partial charge is 0.305 e. The number of amides is 1. The summed E-state index contributed by atoms with van der Waals surface area (Å²) in [5, 5.41) is 8.81. The minimum Gasteiger partial charge on any atom is -0.481 e. The van der Waals surface area contributed by atoms with E-state index in [4.69, 9.17) is 5.11 Å². The third-order valence-electron chi connectivity index (χ3n) is 3.21. The van der Waals surface area contributed by atoms with Crippen LogP contribution in [0.25, 0.3) is 0 Å². The van der Waals surface area contributed by atoms with Crippen molar-refractivity contribution >= 4 is 11.9 Å². The van der Waals surface area contributed by atoms with Crippen molar-refractivity contribution in [3.05, 3.63) is 35.4 Å². The molecule has 1 aromatic carbocycles. The summed E-state index contributed by atoms with van der Waals surface area (Å²) >= 11 is 0. The lowest BCUT2D eigenvalue weighted by atomic mass is 10.0. The van der Waals surface area contributed by atoms with Gasteiger partial charge in [0.1, 0.15) is 0 Å². The lowest BCUT2D eigenvalue weighted by Crippen LogP contribution is -2.46. The predicted octanol–water partition coefficient (Wildman–Crippen LogP) is 2.96. The van der Waals surface area contributed by atoms with Crippen LogP contribution in [0.5, 0.6) is 0 Å². The first-order valence-corrected chi connectivity index (χ1v) is 6.88. The Morgan fingerprint density at radius 2 is 1.70 bits per heavy atom. The van der Waals surface area contributed by atoms with E-state index in [9.17, 15) is 9.59 Å². The molecular formula is C16H23NO3. The van der Waals surface area contributed by atoms with Crippen molar-refractivity contribution in [2.45, 2.75) is 46.1 Å². The first kappa shape index (κ1) is 16.2. The monoisotopic (exact) mass is 277 g/mol. The molecule has 0 aromatic heterocycles. The van der Waals surface area contributed by atoms with Crippen molar-refractivity contribution in [1.29, 1.82) is 0 Å². The van der Waals surface area contributed by atoms with Gasteiger partial charge in [0.2, 0.25) is 0 Å². The molecule has 0 spiro atoms. The molecule has 1 rings (SSSR count). The molecule has 0 aliphatic heterocycles. The second kappa shape index (κ2) is 6.55. The molecular weight excluding hydrogens is 254 g/mol. The van der Waals surface area contributed by atoms with Crippen LogP contribution in [-0.2, 0) is 11.2 Å². The normalized spacial score (nSPS) is 11.2. The van der Waals surface area contributed by atoms with Gasteiger partial charge in [-0.25, -0.2) is 0 Å². The van der Waals surface area contributed by atoms with Crippen LogP contribution in [0, 0.1) is 0 Å². The van der Waals surface area contributed by atoms with Crippen LogP contribution in [0.3, 0.4) is 0 Å². The fourth-order valence-corrected chi connectivity index (χ4v) is 1.99. The van der Waals surface area contributed by atoms with Crippen LogP contribution in [0.15, 0.2) is 24.3 Å². The number of hydrogen-bond donors (Lipinski definition) is 1. The summed E-state index contributed by atoms with van der Waals surface area (Å²) in [5.74, 6) is -1.02. The highest BCUT2D eigenvalue weighted by Crippen LogP contribution is 2.18. The zero-order valence-electron chi connectivity index (χ0n) is 12.6. The Kier molecular flexibility index (Phi) is 5.31. The SMILES string of the molecule is CCc1ccc(C(=O)N(CCC(=O)O)C(C)(C)C)cc1. The summed E-state index contributed by atoms with van der Waals surface area (Å²) in [6.07, 6.45) is 0.881. The molecule has 0 bridgehead atoms. The van der Waals surface area contributed by atoms with Crippen LogP contribution in [-0.4, -0.2) is 34.0 Å². The number of carbonyl (C=O) groups is 2. The van der Waals surface area contributed by atoms with E-state index in [-0.39, 0.29) is 18.9 Å². The Morgan fingerprint density at radius 3 is 2.10 bits per heavy atom. The Bertz CT molecular complexity index is 471. The molecule has 0 saturated carbocycles. The van der Waals surface area contributed by atoms with Gasteiger partial charge in [0.25, 0.3) is 5.91 Å². The zero-order chi connectivity index (χ0) is 15.3. The van der Waals surface area contributed by atoms with Crippen LogP contribution in [0.1, 0.15) is 50.0 Å². The van der Waals surface area contributed by atoms with Gasteiger partial charge in [-0.2, -0.15) is 0 Å². The topological polar surface area (TPSA) is 57.6 Å². The summed E-state index contributed by atoms with van der Waals surface area (Å²) in [7, 11) is 0. The molecule has 1 aromatic rings. The number of carboxylic acid groups (broad SMARTS) is 1. The van der Waals surface area contributed by atoms with Crippen molar-refractivity contribution in [1.82, 2.24) is 4.90 Å². The summed E-state index contributed by atoms with van der Waals surface area (Å²) in [4.78, 5) is 24.9. The molecule has 110 valence electrons. The minimum atomic E-state index is -0.895. The molecule has 4 heteroatoms. The number of nitrogens with zero attached hydrogens (tertiary/aromatic N) is 1. The lowest BCUT2D eigenvalue weighted by molar-refractivity contribution is -0.137. The van der Waals surface area contributed by atoms with E-state index < -0.39 is 11.5 Å². The van der Waals surface area contributed by atoms with E-state index >= 15 is 0 Å². The van der Waals surface area contributed by atoms with E-state index in [1.807, 2.05) is 32.9 Å². The maximum Gasteiger partial charge on any atom is 0.305 e. The van der Waals surface area contributed by atoms with Crippen molar-refractivity contribution < 1.29 is 14.7 Å². The van der Waals surface area contributed by atoms with Crippen molar-refractivity contribution in [2.24, 2.45) is 0 Å². The Labute approximate surface area is 120 Å². The average Bonchev–Trinajstić information content (AvgIpc) is 2.37. The van der Waals surface area contributed by atoms with E-state index in [2.05, 4.69) is 6.92 Å². The molecule has 0 unspecified atom stereocenters.